The Morgan fingerprint density at radius 1 is 1.15 bits per heavy atom. The van der Waals surface area contributed by atoms with E-state index in [0.717, 1.165) is 34.7 Å². The van der Waals surface area contributed by atoms with Gasteiger partial charge in [-0.1, -0.05) is 12.1 Å². The van der Waals surface area contributed by atoms with Crippen molar-refractivity contribution in [2.75, 3.05) is 11.9 Å². The zero-order valence-corrected chi connectivity index (χ0v) is 14.8. The van der Waals surface area contributed by atoms with Crippen molar-refractivity contribution in [2.24, 2.45) is 0 Å². The molecule has 1 N–H and O–H groups in total. The van der Waals surface area contributed by atoms with Gasteiger partial charge in [-0.05, 0) is 37.1 Å². The molecule has 1 aromatic heterocycles. The van der Waals surface area contributed by atoms with E-state index in [4.69, 9.17) is 9.15 Å². The van der Waals surface area contributed by atoms with E-state index in [0.29, 0.717) is 11.1 Å². The van der Waals surface area contributed by atoms with Crippen molar-refractivity contribution in [3.63, 3.8) is 0 Å². The fourth-order valence-electron chi connectivity index (χ4n) is 2.66. The minimum Gasteiger partial charge on any atom is -0.464 e. The number of carbonyl (C=O) groups excluding carboxylic acids is 2. The normalized spacial score (nSPS) is 10.8. The molecule has 0 bridgehead atoms. The number of halogens is 2. The molecule has 3 rings (SSSR count). The van der Waals surface area contributed by atoms with Crippen LogP contribution in [0.25, 0.3) is 11.0 Å². The summed E-state index contributed by atoms with van der Waals surface area (Å²) in [4.78, 5) is 23.8. The molecule has 2 aromatic carbocycles. The number of fused-ring (bicyclic) bond motifs is 1. The van der Waals surface area contributed by atoms with Gasteiger partial charge in [0, 0.05) is 17.0 Å². The number of furan rings is 1. The summed E-state index contributed by atoms with van der Waals surface area (Å²) in [7, 11) is 0. The highest BCUT2D eigenvalue weighted by atomic mass is 19.1. The summed E-state index contributed by atoms with van der Waals surface area (Å²) in [6.07, 6.45) is 1.41. The van der Waals surface area contributed by atoms with Crippen LogP contribution in [-0.4, -0.2) is 18.5 Å². The van der Waals surface area contributed by atoms with Crippen LogP contribution in [0.1, 0.15) is 16.7 Å². The van der Waals surface area contributed by atoms with E-state index in [1.807, 2.05) is 26.0 Å². The van der Waals surface area contributed by atoms with Crippen LogP contribution in [0.4, 0.5) is 14.5 Å². The molecule has 1 heterocycles. The number of nitrogens with one attached hydrogen (secondary N) is 1. The molecule has 0 saturated carbocycles. The predicted octanol–water partition coefficient (Wildman–Crippen LogP) is 4.05. The van der Waals surface area contributed by atoms with E-state index < -0.39 is 30.1 Å². The van der Waals surface area contributed by atoms with Crippen molar-refractivity contribution in [3.8, 4) is 0 Å². The van der Waals surface area contributed by atoms with Gasteiger partial charge in [0.25, 0.3) is 5.91 Å². The number of carbonyl (C=O) groups is 2. The van der Waals surface area contributed by atoms with E-state index >= 15 is 0 Å². The molecule has 1 amide bonds. The first-order valence-electron chi connectivity index (χ1n) is 8.22. The minimum atomic E-state index is -0.786. The monoisotopic (exact) mass is 373 g/mol. The molecule has 0 aliphatic carbocycles. The molecule has 27 heavy (non-hydrogen) atoms. The quantitative estimate of drug-likeness (QED) is 0.685. The second-order valence-corrected chi connectivity index (χ2v) is 6.15. The standard InChI is InChI=1S/C20H17F2NO4/c1-11-3-5-15-13(9-27-20(15)12(11)2)7-19(25)26-10-18(24)23-17-8-14(21)4-6-16(17)22/h3-6,8-9H,7,10H2,1-2H3,(H,23,24). The highest BCUT2D eigenvalue weighted by molar-refractivity contribution is 5.93. The van der Waals surface area contributed by atoms with E-state index in [-0.39, 0.29) is 12.1 Å². The summed E-state index contributed by atoms with van der Waals surface area (Å²) in [6, 6.07) is 6.47. The Labute approximate surface area is 153 Å². The van der Waals surface area contributed by atoms with Crippen LogP contribution in [-0.2, 0) is 20.7 Å². The highest BCUT2D eigenvalue weighted by Crippen LogP contribution is 2.26. The second kappa shape index (κ2) is 7.57. The second-order valence-electron chi connectivity index (χ2n) is 6.15. The van der Waals surface area contributed by atoms with Crippen molar-refractivity contribution >= 4 is 28.5 Å². The number of rotatable bonds is 5. The van der Waals surface area contributed by atoms with Gasteiger partial charge in [-0.3, -0.25) is 9.59 Å². The van der Waals surface area contributed by atoms with Crippen LogP contribution in [0.15, 0.2) is 41.0 Å². The summed E-state index contributed by atoms with van der Waals surface area (Å²) >= 11 is 0. The van der Waals surface area contributed by atoms with Crippen molar-refractivity contribution in [2.45, 2.75) is 20.3 Å². The Morgan fingerprint density at radius 2 is 1.93 bits per heavy atom. The number of benzene rings is 2. The van der Waals surface area contributed by atoms with Gasteiger partial charge in [-0.15, -0.1) is 0 Å². The molecule has 5 nitrogen and oxygen atoms in total. The summed E-state index contributed by atoms with van der Waals surface area (Å²) < 4.78 is 37.0. The van der Waals surface area contributed by atoms with Gasteiger partial charge in [0.05, 0.1) is 18.4 Å². The summed E-state index contributed by atoms with van der Waals surface area (Å²) in [5.41, 5.74) is 3.10. The Hall–Kier alpha value is -3.22. The van der Waals surface area contributed by atoms with Crippen LogP contribution in [0, 0.1) is 25.5 Å². The third kappa shape index (κ3) is 4.13. The summed E-state index contributed by atoms with van der Waals surface area (Å²) in [5.74, 6) is -2.88. The summed E-state index contributed by atoms with van der Waals surface area (Å²) in [5, 5.41) is 2.97. The molecule has 0 aliphatic heterocycles. The van der Waals surface area contributed by atoms with Crippen molar-refractivity contribution in [1.29, 1.82) is 0 Å². The van der Waals surface area contributed by atoms with E-state index in [1.54, 1.807) is 0 Å². The molecule has 0 aliphatic rings. The SMILES string of the molecule is Cc1ccc2c(CC(=O)OCC(=O)Nc3cc(F)ccc3F)coc2c1C. The topological polar surface area (TPSA) is 68.5 Å². The van der Waals surface area contributed by atoms with Crippen LogP contribution in [0.3, 0.4) is 0 Å². The number of esters is 1. The van der Waals surface area contributed by atoms with Gasteiger partial charge in [0.1, 0.15) is 17.2 Å². The maximum absolute atomic E-state index is 13.5. The molecule has 0 atom stereocenters. The molecular formula is C20H17F2NO4. The molecule has 0 fully saturated rings. The number of amides is 1. The molecule has 0 radical (unpaired) electrons. The number of hydrogen-bond donors (Lipinski definition) is 1. The van der Waals surface area contributed by atoms with Gasteiger partial charge >= 0.3 is 5.97 Å². The maximum atomic E-state index is 13.5. The Kier molecular flexibility index (Phi) is 5.21. The predicted molar refractivity (Wildman–Crippen MR) is 95.3 cm³/mol. The van der Waals surface area contributed by atoms with E-state index in [2.05, 4.69) is 5.32 Å². The van der Waals surface area contributed by atoms with Gasteiger partial charge in [-0.2, -0.15) is 0 Å². The first kappa shape index (κ1) is 18.6. The molecule has 0 unspecified atom stereocenters. The van der Waals surface area contributed by atoms with Crippen LogP contribution in [0.5, 0.6) is 0 Å². The first-order chi connectivity index (χ1) is 12.8. The Bertz CT molecular complexity index is 1030. The molecule has 0 saturated heterocycles. The third-order valence-electron chi connectivity index (χ3n) is 4.24. The maximum Gasteiger partial charge on any atom is 0.310 e. The van der Waals surface area contributed by atoms with Crippen molar-refractivity contribution < 1.29 is 27.5 Å². The van der Waals surface area contributed by atoms with Crippen molar-refractivity contribution in [3.05, 3.63) is 64.9 Å². The van der Waals surface area contributed by atoms with E-state index in [9.17, 15) is 18.4 Å². The third-order valence-corrected chi connectivity index (χ3v) is 4.24. The van der Waals surface area contributed by atoms with Crippen LogP contribution >= 0.6 is 0 Å². The van der Waals surface area contributed by atoms with Gasteiger partial charge in [0.2, 0.25) is 0 Å². The van der Waals surface area contributed by atoms with Gasteiger partial charge in [-0.25, -0.2) is 8.78 Å². The molecule has 7 heteroatoms. The Morgan fingerprint density at radius 3 is 2.70 bits per heavy atom. The summed E-state index contributed by atoms with van der Waals surface area (Å²) in [6.45, 7) is 3.28. The largest absolute Gasteiger partial charge is 0.464 e. The van der Waals surface area contributed by atoms with Crippen LogP contribution in [0.2, 0.25) is 0 Å². The fraction of sp³-hybridized carbons (Fsp3) is 0.200. The average Bonchev–Trinajstić information content (AvgIpc) is 3.03. The van der Waals surface area contributed by atoms with Crippen LogP contribution < -0.4 is 5.32 Å². The Balaban J connectivity index is 1.59. The highest BCUT2D eigenvalue weighted by Gasteiger charge is 2.15. The number of anilines is 1. The average molecular weight is 373 g/mol. The van der Waals surface area contributed by atoms with E-state index in [1.165, 1.54) is 6.26 Å². The number of ether oxygens (including phenoxy) is 1. The molecule has 3 aromatic rings. The van der Waals surface area contributed by atoms with Gasteiger partial charge in [0.15, 0.2) is 6.61 Å². The number of aryl methyl sites for hydroxylation is 2. The fourth-order valence-corrected chi connectivity index (χ4v) is 2.66. The lowest BCUT2D eigenvalue weighted by atomic mass is 10.0. The lowest BCUT2D eigenvalue weighted by molar-refractivity contribution is -0.146. The van der Waals surface area contributed by atoms with Crippen molar-refractivity contribution in [1.82, 2.24) is 0 Å². The zero-order chi connectivity index (χ0) is 19.6. The molecule has 140 valence electrons. The number of hydrogen-bond acceptors (Lipinski definition) is 4. The lowest BCUT2D eigenvalue weighted by Crippen LogP contribution is -2.22. The smallest absolute Gasteiger partial charge is 0.310 e. The zero-order valence-electron chi connectivity index (χ0n) is 14.8. The minimum absolute atomic E-state index is 0.0723. The lowest BCUT2D eigenvalue weighted by Gasteiger charge is -2.07. The first-order valence-corrected chi connectivity index (χ1v) is 8.22. The van der Waals surface area contributed by atoms with Gasteiger partial charge < -0.3 is 14.5 Å². The molecular weight excluding hydrogens is 356 g/mol. The molecule has 0 spiro atoms.